The summed E-state index contributed by atoms with van der Waals surface area (Å²) in [5.74, 6) is 0.855. The van der Waals surface area contributed by atoms with Crippen molar-refractivity contribution in [2.75, 3.05) is 32.9 Å². The van der Waals surface area contributed by atoms with Crippen molar-refractivity contribution in [2.45, 2.75) is 31.7 Å². The number of anilines is 1. The van der Waals surface area contributed by atoms with E-state index in [-0.39, 0.29) is 11.9 Å². The average molecular weight is 508 g/mol. The Morgan fingerprint density at radius 1 is 1.11 bits per heavy atom. The van der Waals surface area contributed by atoms with E-state index >= 15 is 0 Å². The molecular weight excluding hydrogens is 474 g/mol. The maximum Gasteiger partial charge on any atom is 0.253 e. The molecule has 4 heterocycles. The van der Waals surface area contributed by atoms with Crippen LogP contribution in [-0.2, 0) is 7.05 Å². The first kappa shape index (κ1) is 25.4. The number of rotatable bonds is 5. The van der Waals surface area contributed by atoms with Crippen LogP contribution in [0.2, 0.25) is 0 Å². The van der Waals surface area contributed by atoms with Crippen LogP contribution < -0.4 is 5.73 Å². The Hall–Kier alpha value is -4.22. The number of likely N-dealkylation sites (tertiary alicyclic amines) is 1. The van der Waals surface area contributed by atoms with Gasteiger partial charge in [-0.1, -0.05) is 12.1 Å². The Labute approximate surface area is 223 Å². The van der Waals surface area contributed by atoms with Gasteiger partial charge in [0.1, 0.15) is 17.5 Å². The molecule has 1 aliphatic rings. The zero-order chi connectivity index (χ0) is 27.0. The highest BCUT2D eigenvalue weighted by molar-refractivity contribution is 5.95. The Morgan fingerprint density at radius 3 is 2.47 bits per heavy atom. The molecule has 0 unspecified atom stereocenters. The summed E-state index contributed by atoms with van der Waals surface area (Å²) in [6, 6.07) is 18.2. The van der Waals surface area contributed by atoms with Crippen molar-refractivity contribution in [3.63, 3.8) is 0 Å². The van der Waals surface area contributed by atoms with Gasteiger partial charge in [0.15, 0.2) is 5.69 Å². The number of nitrogens with two attached hydrogens (primary N) is 1. The summed E-state index contributed by atoms with van der Waals surface area (Å²) in [5, 5.41) is 10.6. The molecule has 8 nitrogen and oxygen atoms in total. The van der Waals surface area contributed by atoms with Gasteiger partial charge in [-0.05, 0) is 86.3 Å². The SMILES string of the molecule is C[C@@H](c1cc2c(-c3ccc(N)nc3C#N)ccnc2n1C)N1CCC(c2ccc(C(=O)N(C)C)cc2)CC1. The summed E-state index contributed by atoms with van der Waals surface area (Å²) < 4.78 is 2.16. The second-order valence-electron chi connectivity index (χ2n) is 10.3. The van der Waals surface area contributed by atoms with Crippen LogP contribution in [0, 0.1) is 11.3 Å². The topological polar surface area (TPSA) is 104 Å². The standard InChI is InChI=1S/C30H33N7O/c1-19(37-15-12-21(13-16-37)20-5-7-22(8-6-20)30(38)35(2)3)27-17-25-23(11-14-33-29(25)36(27)4)24-9-10-28(32)34-26(24)18-31/h5-11,14,17,19,21H,12-13,15-16H2,1-4H3,(H2,32,34)/t19-/m0/s1. The highest BCUT2D eigenvalue weighted by Gasteiger charge is 2.27. The number of carbonyl (C=O) groups excluding carboxylic acids is 1. The predicted molar refractivity (Wildman–Crippen MR) is 149 cm³/mol. The van der Waals surface area contributed by atoms with E-state index < -0.39 is 0 Å². The van der Waals surface area contributed by atoms with E-state index in [0.29, 0.717) is 17.4 Å². The van der Waals surface area contributed by atoms with Gasteiger partial charge in [-0.3, -0.25) is 9.69 Å². The Bertz CT molecular complexity index is 1520. The molecule has 0 aliphatic carbocycles. The Morgan fingerprint density at radius 2 is 1.82 bits per heavy atom. The monoisotopic (exact) mass is 507 g/mol. The third kappa shape index (κ3) is 4.61. The van der Waals surface area contributed by atoms with Crippen molar-refractivity contribution in [2.24, 2.45) is 7.05 Å². The summed E-state index contributed by atoms with van der Waals surface area (Å²) in [6.45, 7) is 4.24. The molecule has 0 bridgehead atoms. The molecular formula is C30H33N7O. The number of nitriles is 1. The lowest BCUT2D eigenvalue weighted by molar-refractivity contribution is 0.0827. The van der Waals surface area contributed by atoms with Gasteiger partial charge in [0.25, 0.3) is 5.91 Å². The smallest absolute Gasteiger partial charge is 0.253 e. The van der Waals surface area contributed by atoms with Crippen molar-refractivity contribution in [3.05, 3.63) is 77.2 Å². The third-order valence-electron chi connectivity index (χ3n) is 7.82. The number of fused-ring (bicyclic) bond motifs is 1. The van der Waals surface area contributed by atoms with Gasteiger partial charge in [-0.2, -0.15) is 5.26 Å². The van der Waals surface area contributed by atoms with Crippen LogP contribution in [0.1, 0.15) is 59.0 Å². The van der Waals surface area contributed by atoms with Gasteiger partial charge in [0.2, 0.25) is 0 Å². The summed E-state index contributed by atoms with van der Waals surface area (Å²) in [5.41, 5.74) is 11.9. The van der Waals surface area contributed by atoms with Crippen LogP contribution in [-0.4, -0.2) is 57.4 Å². The van der Waals surface area contributed by atoms with Crippen molar-refractivity contribution >= 4 is 22.8 Å². The van der Waals surface area contributed by atoms with E-state index in [2.05, 4.69) is 57.7 Å². The van der Waals surface area contributed by atoms with Crippen LogP contribution in [0.5, 0.6) is 0 Å². The van der Waals surface area contributed by atoms with E-state index in [1.54, 1.807) is 31.3 Å². The normalized spacial score (nSPS) is 15.3. The summed E-state index contributed by atoms with van der Waals surface area (Å²) >= 11 is 0. The van der Waals surface area contributed by atoms with Gasteiger partial charge in [-0.25, -0.2) is 9.97 Å². The van der Waals surface area contributed by atoms with Crippen LogP contribution in [0.25, 0.3) is 22.2 Å². The van der Waals surface area contributed by atoms with Crippen molar-refractivity contribution < 1.29 is 4.79 Å². The fourth-order valence-electron chi connectivity index (χ4n) is 5.61. The number of pyridine rings is 2. The van der Waals surface area contributed by atoms with Gasteiger partial charge in [0.05, 0.1) is 0 Å². The minimum absolute atomic E-state index is 0.0318. The van der Waals surface area contributed by atoms with E-state index in [1.807, 2.05) is 24.3 Å². The van der Waals surface area contributed by atoms with Crippen molar-refractivity contribution in [1.29, 1.82) is 5.26 Å². The molecule has 4 aromatic rings. The minimum Gasteiger partial charge on any atom is -0.384 e. The molecule has 8 heteroatoms. The fourth-order valence-corrected chi connectivity index (χ4v) is 5.61. The van der Waals surface area contributed by atoms with Gasteiger partial charge >= 0.3 is 0 Å². The lowest BCUT2D eigenvalue weighted by Crippen LogP contribution is -2.35. The zero-order valence-electron chi connectivity index (χ0n) is 22.3. The molecule has 194 valence electrons. The fraction of sp³-hybridized carbons (Fsp3) is 0.333. The lowest BCUT2D eigenvalue weighted by atomic mass is 9.88. The summed E-state index contributed by atoms with van der Waals surface area (Å²) in [7, 11) is 5.61. The first-order valence-corrected chi connectivity index (χ1v) is 13.0. The molecule has 2 N–H and O–H groups in total. The van der Waals surface area contributed by atoms with E-state index in [0.717, 1.165) is 53.7 Å². The molecule has 5 rings (SSSR count). The van der Waals surface area contributed by atoms with Gasteiger partial charge in [-0.15, -0.1) is 0 Å². The molecule has 1 fully saturated rings. The number of piperidine rings is 1. The number of amides is 1. The molecule has 3 aromatic heterocycles. The zero-order valence-corrected chi connectivity index (χ0v) is 22.3. The first-order chi connectivity index (χ1) is 18.3. The number of hydrogen-bond acceptors (Lipinski definition) is 6. The van der Waals surface area contributed by atoms with Crippen LogP contribution >= 0.6 is 0 Å². The molecule has 1 saturated heterocycles. The average Bonchev–Trinajstić information content (AvgIpc) is 3.28. The van der Waals surface area contributed by atoms with Gasteiger partial charge < -0.3 is 15.2 Å². The number of hydrogen-bond donors (Lipinski definition) is 1. The quantitative estimate of drug-likeness (QED) is 0.419. The molecule has 1 aromatic carbocycles. The largest absolute Gasteiger partial charge is 0.384 e. The molecule has 1 atom stereocenters. The number of nitrogen functional groups attached to an aromatic ring is 1. The Balaban J connectivity index is 1.35. The van der Waals surface area contributed by atoms with Crippen molar-refractivity contribution in [1.82, 2.24) is 24.3 Å². The highest BCUT2D eigenvalue weighted by atomic mass is 16.2. The maximum absolute atomic E-state index is 12.2. The summed E-state index contributed by atoms with van der Waals surface area (Å²) in [4.78, 5) is 25.2. The van der Waals surface area contributed by atoms with Crippen molar-refractivity contribution in [3.8, 4) is 17.2 Å². The number of carbonyl (C=O) groups is 1. The third-order valence-corrected chi connectivity index (χ3v) is 7.82. The van der Waals surface area contributed by atoms with E-state index in [9.17, 15) is 10.1 Å². The number of aryl methyl sites for hydroxylation is 1. The number of aromatic nitrogens is 3. The molecule has 1 amide bonds. The van der Waals surface area contributed by atoms with Crippen LogP contribution in [0.15, 0.2) is 54.7 Å². The highest BCUT2D eigenvalue weighted by Crippen LogP contribution is 2.36. The lowest BCUT2D eigenvalue weighted by Gasteiger charge is -2.36. The minimum atomic E-state index is 0.0318. The molecule has 38 heavy (non-hydrogen) atoms. The first-order valence-electron chi connectivity index (χ1n) is 13.0. The van der Waals surface area contributed by atoms with E-state index in [1.165, 1.54) is 11.3 Å². The maximum atomic E-state index is 12.2. The molecule has 0 radical (unpaired) electrons. The van der Waals surface area contributed by atoms with E-state index in [4.69, 9.17) is 5.73 Å². The summed E-state index contributed by atoms with van der Waals surface area (Å²) in [6.07, 6.45) is 3.93. The number of nitrogens with zero attached hydrogens (tertiary/aromatic N) is 6. The van der Waals surface area contributed by atoms with Crippen LogP contribution in [0.3, 0.4) is 0 Å². The predicted octanol–water partition coefficient (Wildman–Crippen LogP) is 4.73. The second kappa shape index (κ2) is 10.3. The van der Waals surface area contributed by atoms with Crippen LogP contribution in [0.4, 0.5) is 5.82 Å². The molecule has 1 aliphatic heterocycles. The van der Waals surface area contributed by atoms with Gasteiger partial charge in [0, 0.05) is 55.6 Å². The second-order valence-corrected chi connectivity index (χ2v) is 10.3. The number of benzene rings is 1. The Kier molecular flexibility index (Phi) is 6.87. The molecule has 0 saturated carbocycles. The molecule has 0 spiro atoms.